The number of carbonyl (C=O) groups excluding carboxylic acids is 1. The largest absolute Gasteiger partial charge is 0.318 e. The summed E-state index contributed by atoms with van der Waals surface area (Å²) in [5.41, 5.74) is 4.30. The van der Waals surface area contributed by atoms with Crippen LogP contribution in [0.15, 0.2) is 59.7 Å². The van der Waals surface area contributed by atoms with Crippen LogP contribution in [0.2, 0.25) is 0 Å². The number of benzene rings is 2. The maximum absolute atomic E-state index is 12.8. The lowest BCUT2D eigenvalue weighted by Gasteiger charge is -1.95. The smallest absolute Gasteiger partial charge is 0.264 e. The Kier molecular flexibility index (Phi) is 4.34. The van der Waals surface area contributed by atoms with E-state index in [0.29, 0.717) is 4.80 Å². The van der Waals surface area contributed by atoms with Gasteiger partial charge in [0.25, 0.3) is 5.91 Å². The average molecular weight is 327 g/mol. The van der Waals surface area contributed by atoms with Gasteiger partial charge in [0.1, 0.15) is 5.82 Å². The van der Waals surface area contributed by atoms with Crippen molar-refractivity contribution < 1.29 is 9.18 Å². The maximum Gasteiger partial charge on any atom is 0.264 e. The Morgan fingerprint density at radius 3 is 2.70 bits per heavy atom. The van der Waals surface area contributed by atoms with E-state index >= 15 is 0 Å². The number of rotatable bonds is 3. The van der Waals surface area contributed by atoms with E-state index in [0.717, 1.165) is 15.8 Å². The van der Waals surface area contributed by atoms with E-state index in [4.69, 9.17) is 0 Å². The lowest BCUT2D eigenvalue weighted by molar-refractivity contribution is -0.116. The minimum atomic E-state index is -0.341. The molecule has 3 aromatic rings. The first-order chi connectivity index (χ1) is 11.1. The predicted molar refractivity (Wildman–Crippen MR) is 89.9 cm³/mol. The third-order valence-electron chi connectivity index (χ3n) is 3.27. The molecule has 0 spiro atoms. The van der Waals surface area contributed by atoms with Gasteiger partial charge >= 0.3 is 0 Å². The monoisotopic (exact) mass is 327 g/mol. The molecule has 0 fully saturated rings. The third kappa shape index (κ3) is 3.54. The average Bonchev–Trinajstić information content (AvgIpc) is 2.89. The Balaban J connectivity index is 1.74. The van der Waals surface area contributed by atoms with Crippen LogP contribution in [-0.4, -0.2) is 10.5 Å². The molecule has 0 atom stereocenters. The molecule has 0 unspecified atom stereocenters. The number of halogens is 1. The molecule has 0 saturated heterocycles. The van der Waals surface area contributed by atoms with E-state index in [1.54, 1.807) is 18.2 Å². The van der Waals surface area contributed by atoms with Gasteiger partial charge in [-0.1, -0.05) is 35.6 Å². The number of fused-ring (bicyclic) bond motifs is 1. The van der Waals surface area contributed by atoms with Crippen molar-refractivity contribution in [3.63, 3.8) is 0 Å². The second-order valence-electron chi connectivity index (χ2n) is 4.88. The molecule has 0 saturated carbocycles. The van der Waals surface area contributed by atoms with E-state index < -0.39 is 0 Å². The highest BCUT2D eigenvalue weighted by Crippen LogP contribution is 2.14. The van der Waals surface area contributed by atoms with Gasteiger partial charge in [0.2, 0.25) is 4.80 Å². The number of nitrogens with one attached hydrogen (secondary N) is 1. The van der Waals surface area contributed by atoms with Crippen molar-refractivity contribution in [2.45, 2.75) is 0 Å². The van der Waals surface area contributed by atoms with Crippen molar-refractivity contribution in [3.05, 3.63) is 70.8 Å². The van der Waals surface area contributed by atoms with Crippen LogP contribution in [0.5, 0.6) is 0 Å². The summed E-state index contributed by atoms with van der Waals surface area (Å²) in [5.74, 6) is -0.648. The van der Waals surface area contributed by atoms with Crippen LogP contribution < -0.4 is 10.2 Å². The molecule has 0 aliphatic carbocycles. The molecule has 116 valence electrons. The molecule has 6 heteroatoms. The number of hydrogen-bond acceptors (Lipinski definition) is 3. The van der Waals surface area contributed by atoms with Gasteiger partial charge < -0.3 is 4.57 Å². The Bertz CT molecular complexity index is 938. The van der Waals surface area contributed by atoms with Gasteiger partial charge in [0.15, 0.2) is 0 Å². The zero-order valence-corrected chi connectivity index (χ0v) is 13.2. The van der Waals surface area contributed by atoms with Crippen LogP contribution in [0.25, 0.3) is 16.3 Å². The van der Waals surface area contributed by atoms with Crippen LogP contribution in [0.3, 0.4) is 0 Å². The molecule has 0 aliphatic rings. The summed E-state index contributed by atoms with van der Waals surface area (Å²) < 4.78 is 15.8. The second kappa shape index (κ2) is 6.58. The summed E-state index contributed by atoms with van der Waals surface area (Å²) in [6, 6.07) is 13.8. The SMILES string of the molecule is Cn1/c(=N\NC(=O)/C=C/c2ccc(F)cc2)sc2ccccc21. The molecular weight excluding hydrogens is 313 g/mol. The van der Waals surface area contributed by atoms with Crippen molar-refractivity contribution in [1.82, 2.24) is 9.99 Å². The van der Waals surface area contributed by atoms with Crippen LogP contribution >= 0.6 is 11.3 Å². The Labute approximate surface area is 136 Å². The minimum Gasteiger partial charge on any atom is -0.318 e. The topological polar surface area (TPSA) is 46.4 Å². The van der Waals surface area contributed by atoms with E-state index in [-0.39, 0.29) is 11.7 Å². The first-order valence-corrected chi connectivity index (χ1v) is 7.77. The fourth-order valence-electron chi connectivity index (χ4n) is 2.07. The van der Waals surface area contributed by atoms with E-state index in [9.17, 15) is 9.18 Å². The van der Waals surface area contributed by atoms with E-state index in [2.05, 4.69) is 10.5 Å². The number of thiazole rings is 1. The number of carbonyl (C=O) groups is 1. The number of aryl methyl sites for hydroxylation is 1. The maximum atomic E-state index is 12.8. The summed E-state index contributed by atoms with van der Waals surface area (Å²) in [6.07, 6.45) is 2.97. The van der Waals surface area contributed by atoms with Crippen LogP contribution in [0.1, 0.15) is 5.56 Å². The number of para-hydroxylation sites is 1. The summed E-state index contributed by atoms with van der Waals surface area (Å²) >= 11 is 1.50. The molecule has 1 aromatic heterocycles. The normalized spacial score (nSPS) is 12.2. The highest BCUT2D eigenvalue weighted by molar-refractivity contribution is 7.16. The lowest BCUT2D eigenvalue weighted by Crippen LogP contribution is -2.21. The standard InChI is InChI=1S/C17H14FN3OS/c1-21-14-4-2-3-5-15(14)23-17(21)20-19-16(22)11-8-12-6-9-13(18)10-7-12/h2-11H,1H3,(H,19,22)/b11-8+,20-17+. The number of amides is 1. The number of aromatic nitrogens is 1. The number of hydrogen-bond donors (Lipinski definition) is 1. The zero-order valence-electron chi connectivity index (χ0n) is 12.4. The lowest BCUT2D eigenvalue weighted by atomic mass is 10.2. The molecule has 1 amide bonds. The van der Waals surface area contributed by atoms with Gasteiger partial charge in [-0.3, -0.25) is 4.79 Å². The molecule has 23 heavy (non-hydrogen) atoms. The highest BCUT2D eigenvalue weighted by Gasteiger charge is 2.01. The van der Waals surface area contributed by atoms with Crippen molar-refractivity contribution in [3.8, 4) is 0 Å². The van der Waals surface area contributed by atoms with E-state index in [1.165, 1.54) is 29.5 Å². The molecule has 0 radical (unpaired) electrons. The Hall–Kier alpha value is -2.73. The van der Waals surface area contributed by atoms with Gasteiger partial charge in [-0.05, 0) is 35.9 Å². The third-order valence-corrected chi connectivity index (χ3v) is 4.39. The molecular formula is C17H14FN3OS. The fourth-order valence-corrected chi connectivity index (χ4v) is 3.05. The van der Waals surface area contributed by atoms with Crippen molar-refractivity contribution in [2.24, 2.45) is 12.1 Å². The van der Waals surface area contributed by atoms with Crippen LogP contribution in [0.4, 0.5) is 4.39 Å². The minimum absolute atomic E-state index is 0.307. The van der Waals surface area contributed by atoms with Gasteiger partial charge in [-0.25, -0.2) is 9.82 Å². The summed E-state index contributed by atoms with van der Waals surface area (Å²) in [6.45, 7) is 0. The van der Waals surface area contributed by atoms with Gasteiger partial charge in [-0.2, -0.15) is 0 Å². The molecule has 2 aromatic carbocycles. The molecule has 3 rings (SSSR count). The van der Waals surface area contributed by atoms with Crippen molar-refractivity contribution in [2.75, 3.05) is 0 Å². The van der Waals surface area contributed by atoms with Gasteiger partial charge in [-0.15, -0.1) is 5.10 Å². The first kappa shape index (κ1) is 15.2. The van der Waals surface area contributed by atoms with Crippen molar-refractivity contribution in [1.29, 1.82) is 0 Å². The molecule has 1 heterocycles. The molecule has 0 aliphatic heterocycles. The second-order valence-corrected chi connectivity index (χ2v) is 5.89. The Morgan fingerprint density at radius 2 is 1.96 bits per heavy atom. The summed E-state index contributed by atoms with van der Waals surface area (Å²) in [5, 5.41) is 4.14. The van der Waals surface area contributed by atoms with Crippen LogP contribution in [0, 0.1) is 5.82 Å². The summed E-state index contributed by atoms with van der Waals surface area (Å²) in [7, 11) is 1.90. The quantitative estimate of drug-likeness (QED) is 0.583. The molecule has 4 nitrogen and oxygen atoms in total. The van der Waals surface area contributed by atoms with Crippen molar-refractivity contribution >= 4 is 33.5 Å². The zero-order chi connectivity index (χ0) is 16.2. The highest BCUT2D eigenvalue weighted by atomic mass is 32.1. The molecule has 0 bridgehead atoms. The first-order valence-electron chi connectivity index (χ1n) is 6.95. The fraction of sp³-hybridized carbons (Fsp3) is 0.0588. The number of nitrogens with zero attached hydrogens (tertiary/aromatic N) is 2. The van der Waals surface area contributed by atoms with E-state index in [1.807, 2.05) is 35.9 Å². The Morgan fingerprint density at radius 1 is 1.22 bits per heavy atom. The van der Waals surface area contributed by atoms with Crippen LogP contribution in [-0.2, 0) is 11.8 Å². The van der Waals surface area contributed by atoms with Gasteiger partial charge in [0, 0.05) is 13.1 Å². The predicted octanol–water partition coefficient (Wildman–Crippen LogP) is 3.02. The molecule has 1 N–H and O–H groups in total. The van der Waals surface area contributed by atoms with Gasteiger partial charge in [0.05, 0.1) is 10.2 Å². The summed E-state index contributed by atoms with van der Waals surface area (Å²) in [4.78, 5) is 12.5.